The number of para-hydroxylation sites is 2. The van der Waals surface area contributed by atoms with Gasteiger partial charge in [0, 0.05) is 13.1 Å². The van der Waals surface area contributed by atoms with Crippen molar-refractivity contribution in [3.05, 3.63) is 84.4 Å². The second-order valence-electron chi connectivity index (χ2n) is 10.00. The van der Waals surface area contributed by atoms with E-state index in [0.29, 0.717) is 18.7 Å². The fraction of sp³-hybridized carbons (Fsp3) is 0.355. The number of rotatable bonds is 14. The summed E-state index contributed by atoms with van der Waals surface area (Å²) in [4.78, 5) is 28.5. The van der Waals surface area contributed by atoms with Crippen LogP contribution in [0.2, 0.25) is 0 Å². The maximum atomic E-state index is 14.0. The molecule has 3 aromatic rings. The lowest BCUT2D eigenvalue weighted by Crippen LogP contribution is -2.52. The van der Waals surface area contributed by atoms with Gasteiger partial charge in [0.2, 0.25) is 11.8 Å². The molecule has 0 aliphatic rings. The van der Waals surface area contributed by atoms with Crippen LogP contribution < -0.4 is 19.1 Å². The molecule has 0 heterocycles. The summed E-state index contributed by atoms with van der Waals surface area (Å²) >= 11 is 0. The molecule has 1 atom stereocenters. The molecule has 0 saturated carbocycles. The van der Waals surface area contributed by atoms with Crippen LogP contribution in [0.5, 0.6) is 11.5 Å². The monoisotopic (exact) mass is 581 g/mol. The number of anilines is 1. The molecule has 0 saturated heterocycles. The summed E-state index contributed by atoms with van der Waals surface area (Å²) < 4.78 is 39.7. The first-order valence-electron chi connectivity index (χ1n) is 13.5. The van der Waals surface area contributed by atoms with Crippen molar-refractivity contribution < 1.29 is 27.5 Å². The highest BCUT2D eigenvalue weighted by atomic mass is 32.2. The van der Waals surface area contributed by atoms with Crippen molar-refractivity contribution >= 4 is 27.5 Å². The van der Waals surface area contributed by atoms with Gasteiger partial charge >= 0.3 is 0 Å². The maximum Gasteiger partial charge on any atom is 0.264 e. The molecule has 9 nitrogen and oxygen atoms in total. The molecule has 1 unspecified atom stereocenters. The van der Waals surface area contributed by atoms with E-state index in [1.54, 1.807) is 43.3 Å². The van der Waals surface area contributed by atoms with Crippen LogP contribution in [0.3, 0.4) is 0 Å². The lowest BCUT2D eigenvalue weighted by molar-refractivity contribution is -0.138. The van der Waals surface area contributed by atoms with Gasteiger partial charge in [-0.25, -0.2) is 8.42 Å². The number of carbonyl (C=O) groups excluding carboxylic acids is 2. The Morgan fingerprint density at radius 1 is 0.854 bits per heavy atom. The average Bonchev–Trinajstić information content (AvgIpc) is 2.99. The Kier molecular flexibility index (Phi) is 11.2. The summed E-state index contributed by atoms with van der Waals surface area (Å²) in [5.41, 5.74) is 1.20. The van der Waals surface area contributed by atoms with Crippen molar-refractivity contribution in [1.82, 2.24) is 10.2 Å². The van der Waals surface area contributed by atoms with Crippen LogP contribution in [0.15, 0.2) is 83.8 Å². The molecular weight excluding hydrogens is 542 g/mol. The minimum atomic E-state index is -4.23. The molecule has 0 spiro atoms. The van der Waals surface area contributed by atoms with E-state index in [9.17, 15) is 18.0 Å². The largest absolute Gasteiger partial charge is 0.497 e. The van der Waals surface area contributed by atoms with E-state index in [1.165, 1.54) is 31.3 Å². The minimum absolute atomic E-state index is 0.0180. The van der Waals surface area contributed by atoms with Gasteiger partial charge in [-0.3, -0.25) is 13.9 Å². The Hall–Kier alpha value is -4.05. The third kappa shape index (κ3) is 8.23. The number of hydrogen-bond acceptors (Lipinski definition) is 6. The van der Waals surface area contributed by atoms with Crippen LogP contribution >= 0.6 is 0 Å². The van der Waals surface area contributed by atoms with Gasteiger partial charge in [0.25, 0.3) is 10.0 Å². The molecule has 0 aromatic heterocycles. The molecule has 3 rings (SSSR count). The van der Waals surface area contributed by atoms with E-state index in [2.05, 4.69) is 5.32 Å². The molecule has 0 fully saturated rings. The summed E-state index contributed by atoms with van der Waals surface area (Å²) in [7, 11) is -1.30. The van der Waals surface area contributed by atoms with E-state index in [1.807, 2.05) is 44.2 Å². The van der Waals surface area contributed by atoms with Crippen LogP contribution in [0.1, 0.15) is 26.3 Å². The van der Waals surface area contributed by atoms with Gasteiger partial charge in [-0.05, 0) is 61.2 Å². The summed E-state index contributed by atoms with van der Waals surface area (Å²) in [6.45, 7) is 5.77. The van der Waals surface area contributed by atoms with Crippen molar-refractivity contribution in [3.8, 4) is 11.5 Å². The Labute approximate surface area is 243 Å². The lowest BCUT2D eigenvalue weighted by Gasteiger charge is -2.32. The van der Waals surface area contributed by atoms with Gasteiger partial charge in [0.05, 0.1) is 24.8 Å². The van der Waals surface area contributed by atoms with E-state index < -0.39 is 28.5 Å². The zero-order valence-electron chi connectivity index (χ0n) is 24.2. The normalized spacial score (nSPS) is 12.0. The van der Waals surface area contributed by atoms with E-state index in [0.717, 1.165) is 9.87 Å². The number of nitrogens with one attached hydrogen (secondary N) is 1. The summed E-state index contributed by atoms with van der Waals surface area (Å²) in [6.07, 6.45) is 0.494. The van der Waals surface area contributed by atoms with E-state index in [4.69, 9.17) is 9.47 Å². The number of ether oxygens (including phenoxy) is 2. The summed E-state index contributed by atoms with van der Waals surface area (Å²) in [6, 6.07) is 21.3. The molecule has 0 aliphatic heterocycles. The fourth-order valence-corrected chi connectivity index (χ4v) is 5.67. The highest BCUT2D eigenvalue weighted by Crippen LogP contribution is 2.33. The van der Waals surface area contributed by atoms with Crippen molar-refractivity contribution in [1.29, 1.82) is 0 Å². The average molecular weight is 582 g/mol. The first-order valence-corrected chi connectivity index (χ1v) is 14.9. The first-order chi connectivity index (χ1) is 19.6. The zero-order chi connectivity index (χ0) is 30.0. The number of hydrogen-bond donors (Lipinski definition) is 1. The van der Waals surface area contributed by atoms with E-state index in [-0.39, 0.29) is 34.7 Å². The maximum absolute atomic E-state index is 14.0. The van der Waals surface area contributed by atoms with Gasteiger partial charge in [-0.2, -0.15) is 0 Å². The molecule has 1 N–H and O–H groups in total. The van der Waals surface area contributed by atoms with Crippen LogP contribution in [-0.4, -0.2) is 65.0 Å². The van der Waals surface area contributed by atoms with Crippen LogP contribution in [0.4, 0.5) is 5.69 Å². The van der Waals surface area contributed by atoms with Gasteiger partial charge in [-0.15, -0.1) is 0 Å². The zero-order valence-corrected chi connectivity index (χ0v) is 25.1. The second-order valence-corrected chi connectivity index (χ2v) is 11.9. The highest BCUT2D eigenvalue weighted by Gasteiger charge is 2.33. The molecule has 220 valence electrons. The third-order valence-electron chi connectivity index (χ3n) is 6.62. The lowest BCUT2D eigenvalue weighted by atomic mass is 10.1. The number of amides is 2. The fourth-order valence-electron chi connectivity index (χ4n) is 4.25. The number of carbonyl (C=O) groups is 2. The summed E-state index contributed by atoms with van der Waals surface area (Å²) in [5.74, 6) is 0.196. The molecule has 41 heavy (non-hydrogen) atoms. The molecular formula is C31H39N3O6S. The Morgan fingerprint density at radius 2 is 1.49 bits per heavy atom. The Morgan fingerprint density at radius 3 is 2.10 bits per heavy atom. The number of nitrogens with zero attached hydrogens (tertiary/aromatic N) is 2. The van der Waals surface area contributed by atoms with Gasteiger partial charge in [0.15, 0.2) is 0 Å². The quantitative estimate of drug-likeness (QED) is 0.307. The standard InChI is InChI=1S/C31H39N3O6S/c1-23(2)21-32-31(36)24(3)33(20-19-25-11-7-6-8-12-25)30(35)22-34(28-13-9-10-14-29(28)40-5)41(37,38)27-17-15-26(39-4)16-18-27/h6-18,23-24H,19-22H2,1-5H3,(H,32,36). The van der Waals surface area contributed by atoms with Gasteiger partial charge in [-0.1, -0.05) is 56.3 Å². The molecule has 0 bridgehead atoms. The number of methoxy groups -OCH3 is 2. The van der Waals surface area contributed by atoms with Crippen molar-refractivity contribution in [2.24, 2.45) is 5.92 Å². The number of benzene rings is 3. The second kappa shape index (κ2) is 14.5. The highest BCUT2D eigenvalue weighted by molar-refractivity contribution is 7.92. The van der Waals surface area contributed by atoms with Crippen LogP contribution in [0.25, 0.3) is 0 Å². The number of sulfonamides is 1. The molecule has 0 radical (unpaired) electrons. The van der Waals surface area contributed by atoms with Crippen molar-refractivity contribution in [2.75, 3.05) is 38.2 Å². The Balaban J connectivity index is 2.00. The topological polar surface area (TPSA) is 105 Å². The van der Waals surface area contributed by atoms with Crippen LogP contribution in [-0.2, 0) is 26.0 Å². The molecule has 0 aliphatic carbocycles. The van der Waals surface area contributed by atoms with Crippen LogP contribution in [0, 0.1) is 5.92 Å². The smallest absolute Gasteiger partial charge is 0.264 e. The Bertz CT molecular complexity index is 1390. The molecule has 10 heteroatoms. The van der Waals surface area contributed by atoms with E-state index >= 15 is 0 Å². The summed E-state index contributed by atoms with van der Waals surface area (Å²) in [5, 5.41) is 2.89. The SMILES string of the molecule is COc1ccc(S(=O)(=O)N(CC(=O)N(CCc2ccccc2)C(C)C(=O)NCC(C)C)c2ccccc2OC)cc1. The van der Waals surface area contributed by atoms with Crippen molar-refractivity contribution in [3.63, 3.8) is 0 Å². The first kappa shape index (κ1) is 31.5. The van der Waals surface area contributed by atoms with Crippen molar-refractivity contribution in [2.45, 2.75) is 38.1 Å². The van der Waals surface area contributed by atoms with Gasteiger partial charge in [0.1, 0.15) is 24.1 Å². The minimum Gasteiger partial charge on any atom is -0.497 e. The third-order valence-corrected chi connectivity index (χ3v) is 8.39. The molecule has 2 amide bonds. The predicted molar refractivity (Wildman–Crippen MR) is 160 cm³/mol. The van der Waals surface area contributed by atoms with Gasteiger partial charge < -0.3 is 19.7 Å². The predicted octanol–water partition coefficient (Wildman–Crippen LogP) is 4.13. The molecule has 3 aromatic carbocycles.